The summed E-state index contributed by atoms with van der Waals surface area (Å²) in [6.07, 6.45) is 6.71. The van der Waals surface area contributed by atoms with E-state index in [1.165, 1.54) is 6.08 Å². The van der Waals surface area contributed by atoms with Gasteiger partial charge in [0.15, 0.2) is 0 Å². The van der Waals surface area contributed by atoms with Gasteiger partial charge in [-0.05, 0) is 47.5 Å². The number of rotatable bonds is 6. The molecule has 0 atom stereocenters. The zero-order valence-electron chi connectivity index (χ0n) is 13.8. The van der Waals surface area contributed by atoms with Gasteiger partial charge in [-0.2, -0.15) is 5.10 Å². The maximum atomic E-state index is 11.8. The molecule has 0 fully saturated rings. The van der Waals surface area contributed by atoms with Crippen LogP contribution in [0.4, 0.5) is 0 Å². The lowest BCUT2D eigenvalue weighted by Crippen LogP contribution is -2.01. The lowest BCUT2D eigenvalue weighted by Gasteiger charge is -2.05. The second kappa shape index (κ2) is 7.97. The van der Waals surface area contributed by atoms with Crippen molar-refractivity contribution in [3.8, 4) is 11.4 Å². The van der Waals surface area contributed by atoms with Gasteiger partial charge in [0.2, 0.25) is 0 Å². The van der Waals surface area contributed by atoms with E-state index in [4.69, 9.17) is 9.47 Å². The third-order valence-electron chi connectivity index (χ3n) is 3.59. The molecule has 0 radical (unpaired) electrons. The number of aromatic nitrogens is 2. The van der Waals surface area contributed by atoms with Crippen molar-refractivity contribution < 1.29 is 14.3 Å². The molecular formula is C20H18N2O3. The summed E-state index contributed by atoms with van der Waals surface area (Å²) in [4.78, 5) is 11.8. The summed E-state index contributed by atoms with van der Waals surface area (Å²) in [6.45, 7) is 0.223. The molecule has 1 heterocycles. The highest BCUT2D eigenvalue weighted by molar-refractivity contribution is 5.87. The largest absolute Gasteiger partial charge is 0.497 e. The first-order valence-corrected chi connectivity index (χ1v) is 7.82. The van der Waals surface area contributed by atoms with Crippen molar-refractivity contribution in [3.05, 3.63) is 84.2 Å². The second-order valence-corrected chi connectivity index (χ2v) is 5.33. The van der Waals surface area contributed by atoms with Crippen LogP contribution in [0.15, 0.2) is 73.1 Å². The van der Waals surface area contributed by atoms with E-state index in [9.17, 15) is 4.79 Å². The van der Waals surface area contributed by atoms with Gasteiger partial charge in [-0.15, -0.1) is 0 Å². The van der Waals surface area contributed by atoms with E-state index >= 15 is 0 Å². The zero-order valence-corrected chi connectivity index (χ0v) is 13.8. The standard InChI is InChI=1S/C20H18N2O3/c1-24-19-5-2-4-16(14-19)8-11-20(23)25-15-17-6-9-18(10-7-17)22-13-3-12-21-22/h2-14H,15H2,1H3/b11-8+. The highest BCUT2D eigenvalue weighted by Gasteiger charge is 2.01. The molecule has 0 spiro atoms. The van der Waals surface area contributed by atoms with Gasteiger partial charge < -0.3 is 9.47 Å². The van der Waals surface area contributed by atoms with Crippen LogP contribution in [0.5, 0.6) is 5.75 Å². The Bertz CT molecular complexity index is 853. The number of esters is 1. The molecule has 1 aromatic heterocycles. The zero-order chi connectivity index (χ0) is 17.5. The van der Waals surface area contributed by atoms with Crippen molar-refractivity contribution in [3.63, 3.8) is 0 Å². The number of hydrogen-bond donors (Lipinski definition) is 0. The summed E-state index contributed by atoms with van der Waals surface area (Å²) >= 11 is 0. The van der Waals surface area contributed by atoms with E-state index in [2.05, 4.69) is 5.10 Å². The highest BCUT2D eigenvalue weighted by atomic mass is 16.5. The van der Waals surface area contributed by atoms with E-state index in [0.29, 0.717) is 0 Å². The van der Waals surface area contributed by atoms with Crippen molar-refractivity contribution in [2.45, 2.75) is 6.61 Å². The van der Waals surface area contributed by atoms with Gasteiger partial charge in [0, 0.05) is 18.5 Å². The van der Waals surface area contributed by atoms with Crippen LogP contribution in [0.25, 0.3) is 11.8 Å². The SMILES string of the molecule is COc1cccc(/C=C/C(=O)OCc2ccc(-n3cccn3)cc2)c1. The van der Waals surface area contributed by atoms with Gasteiger partial charge in [0.1, 0.15) is 12.4 Å². The molecule has 0 aliphatic rings. The Labute approximate surface area is 146 Å². The second-order valence-electron chi connectivity index (χ2n) is 5.33. The molecule has 0 bridgehead atoms. The van der Waals surface area contributed by atoms with Crippen LogP contribution in [0, 0.1) is 0 Å². The first-order valence-electron chi connectivity index (χ1n) is 7.82. The Kier molecular flexibility index (Phi) is 5.26. The summed E-state index contributed by atoms with van der Waals surface area (Å²) in [5.41, 5.74) is 2.75. The quantitative estimate of drug-likeness (QED) is 0.510. The van der Waals surface area contributed by atoms with E-state index in [1.807, 2.05) is 60.8 Å². The number of nitrogens with zero attached hydrogens (tertiary/aromatic N) is 2. The molecule has 0 saturated heterocycles. The first kappa shape index (κ1) is 16.5. The Hall–Kier alpha value is -3.34. The van der Waals surface area contributed by atoms with Crippen LogP contribution in [-0.4, -0.2) is 22.9 Å². The fourth-order valence-corrected chi connectivity index (χ4v) is 2.28. The number of carbonyl (C=O) groups excluding carboxylic acids is 1. The number of ether oxygens (including phenoxy) is 2. The molecule has 2 aromatic carbocycles. The van der Waals surface area contributed by atoms with Crippen molar-refractivity contribution in [1.29, 1.82) is 0 Å². The van der Waals surface area contributed by atoms with Gasteiger partial charge in [-0.25, -0.2) is 9.48 Å². The molecule has 0 N–H and O–H groups in total. The lowest BCUT2D eigenvalue weighted by atomic mass is 10.2. The summed E-state index contributed by atoms with van der Waals surface area (Å²) in [5.74, 6) is 0.353. The predicted molar refractivity (Wildman–Crippen MR) is 95.4 cm³/mol. The monoisotopic (exact) mass is 334 g/mol. The van der Waals surface area contributed by atoms with Gasteiger partial charge >= 0.3 is 5.97 Å². The fraction of sp³-hybridized carbons (Fsp3) is 0.100. The molecule has 5 nitrogen and oxygen atoms in total. The minimum Gasteiger partial charge on any atom is -0.497 e. The van der Waals surface area contributed by atoms with E-state index < -0.39 is 0 Å². The third kappa shape index (κ3) is 4.57. The number of methoxy groups -OCH3 is 1. The molecule has 0 amide bonds. The van der Waals surface area contributed by atoms with Crippen LogP contribution in [0.2, 0.25) is 0 Å². The van der Waals surface area contributed by atoms with Crippen LogP contribution in [0.1, 0.15) is 11.1 Å². The number of hydrogen-bond acceptors (Lipinski definition) is 4. The summed E-state index contributed by atoms with van der Waals surface area (Å²) in [5, 5.41) is 4.17. The van der Waals surface area contributed by atoms with Crippen LogP contribution >= 0.6 is 0 Å². The van der Waals surface area contributed by atoms with Crippen molar-refractivity contribution in [2.75, 3.05) is 7.11 Å². The molecule has 0 unspecified atom stereocenters. The predicted octanol–water partition coefficient (Wildman–Crippen LogP) is 3.64. The Morgan fingerprint density at radius 3 is 2.72 bits per heavy atom. The van der Waals surface area contributed by atoms with Crippen molar-refractivity contribution in [2.24, 2.45) is 0 Å². The Morgan fingerprint density at radius 1 is 1.16 bits per heavy atom. The molecule has 0 aliphatic heterocycles. The normalized spacial score (nSPS) is 10.8. The number of benzene rings is 2. The molecule has 5 heteroatoms. The highest BCUT2D eigenvalue weighted by Crippen LogP contribution is 2.14. The molecule has 3 aromatic rings. The molecule has 0 saturated carbocycles. The molecule has 0 aliphatic carbocycles. The summed E-state index contributed by atoms with van der Waals surface area (Å²) < 4.78 is 12.2. The molecule has 126 valence electrons. The van der Waals surface area contributed by atoms with E-state index in [0.717, 1.165) is 22.6 Å². The van der Waals surface area contributed by atoms with Gasteiger partial charge in [-0.1, -0.05) is 24.3 Å². The Balaban J connectivity index is 1.54. The maximum Gasteiger partial charge on any atom is 0.331 e. The van der Waals surface area contributed by atoms with Crippen LogP contribution in [0.3, 0.4) is 0 Å². The van der Waals surface area contributed by atoms with Gasteiger partial charge in [0.25, 0.3) is 0 Å². The van der Waals surface area contributed by atoms with Gasteiger partial charge in [-0.3, -0.25) is 0 Å². The molecular weight excluding hydrogens is 316 g/mol. The fourth-order valence-electron chi connectivity index (χ4n) is 2.28. The average Bonchev–Trinajstić information content (AvgIpc) is 3.20. The molecule has 25 heavy (non-hydrogen) atoms. The lowest BCUT2D eigenvalue weighted by molar-refractivity contribution is -0.138. The van der Waals surface area contributed by atoms with Crippen LogP contribution < -0.4 is 4.74 Å². The smallest absolute Gasteiger partial charge is 0.331 e. The summed E-state index contributed by atoms with van der Waals surface area (Å²) in [7, 11) is 1.61. The van der Waals surface area contributed by atoms with Gasteiger partial charge in [0.05, 0.1) is 12.8 Å². The number of carbonyl (C=O) groups is 1. The van der Waals surface area contributed by atoms with Crippen molar-refractivity contribution >= 4 is 12.0 Å². The molecule has 3 rings (SSSR count). The minimum absolute atomic E-state index is 0.223. The minimum atomic E-state index is -0.390. The first-order chi connectivity index (χ1) is 12.2. The van der Waals surface area contributed by atoms with Crippen molar-refractivity contribution in [1.82, 2.24) is 9.78 Å². The van der Waals surface area contributed by atoms with E-state index in [-0.39, 0.29) is 12.6 Å². The third-order valence-corrected chi connectivity index (χ3v) is 3.59. The van der Waals surface area contributed by atoms with Crippen LogP contribution in [-0.2, 0) is 16.1 Å². The maximum absolute atomic E-state index is 11.8. The Morgan fingerprint density at radius 2 is 2.00 bits per heavy atom. The summed E-state index contributed by atoms with van der Waals surface area (Å²) in [6, 6.07) is 17.0. The topological polar surface area (TPSA) is 53.4 Å². The average molecular weight is 334 g/mol. The van der Waals surface area contributed by atoms with E-state index in [1.54, 1.807) is 24.1 Å².